The van der Waals surface area contributed by atoms with Gasteiger partial charge < -0.3 is 4.90 Å². The number of rotatable bonds is 1. The van der Waals surface area contributed by atoms with E-state index >= 15 is 0 Å². The average Bonchev–Trinajstić information content (AvgIpc) is 2.46. The summed E-state index contributed by atoms with van der Waals surface area (Å²) in [6.07, 6.45) is 1.85. The molecule has 0 spiro atoms. The Bertz CT molecular complexity index is 651. The van der Waals surface area contributed by atoms with E-state index in [1.54, 1.807) is 17.0 Å². The zero-order chi connectivity index (χ0) is 14.1. The summed E-state index contributed by atoms with van der Waals surface area (Å²) in [5.74, 6) is -0.783. The van der Waals surface area contributed by atoms with Crippen LogP contribution in [0.25, 0.3) is 0 Å². The van der Waals surface area contributed by atoms with Gasteiger partial charge in [0.05, 0.1) is 5.56 Å². The van der Waals surface area contributed by atoms with Crippen LogP contribution in [0.4, 0.5) is 10.1 Å². The number of aryl methyl sites for hydroxylation is 1. The van der Waals surface area contributed by atoms with Gasteiger partial charge in [-0.3, -0.25) is 4.79 Å². The van der Waals surface area contributed by atoms with Crippen LogP contribution in [0.15, 0.2) is 46.9 Å². The van der Waals surface area contributed by atoms with Crippen molar-refractivity contribution < 1.29 is 9.18 Å². The molecule has 0 saturated heterocycles. The summed E-state index contributed by atoms with van der Waals surface area (Å²) in [6.45, 7) is 0.622. The number of carbonyl (C=O) groups excluding carboxylic acids is 1. The molecule has 1 heterocycles. The van der Waals surface area contributed by atoms with Crippen LogP contribution in [-0.2, 0) is 6.42 Å². The molecule has 0 aromatic heterocycles. The van der Waals surface area contributed by atoms with Crippen molar-refractivity contribution in [2.75, 3.05) is 11.4 Å². The second-order valence-electron chi connectivity index (χ2n) is 4.79. The van der Waals surface area contributed by atoms with Gasteiger partial charge in [-0.1, -0.05) is 24.3 Å². The summed E-state index contributed by atoms with van der Waals surface area (Å²) in [5, 5.41) is 0. The van der Waals surface area contributed by atoms with Crippen molar-refractivity contribution in [1.29, 1.82) is 0 Å². The van der Waals surface area contributed by atoms with Gasteiger partial charge in [0.25, 0.3) is 5.91 Å². The molecule has 2 aromatic rings. The number of fused-ring (bicyclic) bond motifs is 1. The molecule has 0 saturated carbocycles. The van der Waals surface area contributed by atoms with Crippen molar-refractivity contribution in [2.24, 2.45) is 0 Å². The summed E-state index contributed by atoms with van der Waals surface area (Å²) in [5.41, 5.74) is 2.13. The highest BCUT2D eigenvalue weighted by atomic mass is 79.9. The fraction of sp³-hybridized carbons (Fsp3) is 0.188. The Kier molecular flexibility index (Phi) is 3.57. The number of benzene rings is 2. The van der Waals surface area contributed by atoms with E-state index < -0.39 is 5.82 Å². The number of nitrogens with zero attached hydrogens (tertiary/aromatic N) is 1. The number of carbonyl (C=O) groups is 1. The van der Waals surface area contributed by atoms with E-state index in [1.165, 1.54) is 6.07 Å². The number of hydrogen-bond acceptors (Lipinski definition) is 1. The molecule has 0 N–H and O–H groups in total. The predicted octanol–water partition coefficient (Wildman–Crippen LogP) is 4.18. The number of para-hydroxylation sites is 1. The van der Waals surface area contributed by atoms with Crippen molar-refractivity contribution in [1.82, 2.24) is 0 Å². The fourth-order valence-corrected chi connectivity index (χ4v) is 3.09. The number of halogens is 2. The summed E-state index contributed by atoms with van der Waals surface area (Å²) in [7, 11) is 0. The Morgan fingerprint density at radius 1 is 1.15 bits per heavy atom. The highest BCUT2D eigenvalue weighted by Crippen LogP contribution is 2.30. The topological polar surface area (TPSA) is 20.3 Å². The second-order valence-corrected chi connectivity index (χ2v) is 5.64. The smallest absolute Gasteiger partial charge is 0.262 e. The lowest BCUT2D eigenvalue weighted by Crippen LogP contribution is -2.36. The Morgan fingerprint density at radius 2 is 1.95 bits per heavy atom. The molecule has 1 aliphatic heterocycles. The lowest BCUT2D eigenvalue weighted by molar-refractivity contribution is 0.0980. The highest BCUT2D eigenvalue weighted by molar-refractivity contribution is 9.10. The Balaban J connectivity index is 2.05. The predicted molar refractivity (Wildman–Crippen MR) is 80.5 cm³/mol. The first kappa shape index (κ1) is 13.3. The first-order valence-electron chi connectivity index (χ1n) is 6.52. The Morgan fingerprint density at radius 3 is 2.75 bits per heavy atom. The van der Waals surface area contributed by atoms with Crippen LogP contribution in [0.5, 0.6) is 0 Å². The second kappa shape index (κ2) is 5.37. The van der Waals surface area contributed by atoms with Crippen LogP contribution in [0.2, 0.25) is 0 Å². The highest BCUT2D eigenvalue weighted by Gasteiger charge is 2.26. The number of hydrogen-bond donors (Lipinski definition) is 0. The van der Waals surface area contributed by atoms with Gasteiger partial charge in [0.2, 0.25) is 0 Å². The van der Waals surface area contributed by atoms with Crippen LogP contribution in [0.1, 0.15) is 22.3 Å². The molecule has 2 nitrogen and oxygen atoms in total. The third kappa shape index (κ3) is 2.24. The third-order valence-electron chi connectivity index (χ3n) is 3.53. The van der Waals surface area contributed by atoms with E-state index in [0.717, 1.165) is 24.1 Å². The zero-order valence-electron chi connectivity index (χ0n) is 10.8. The molecular weight excluding hydrogens is 321 g/mol. The minimum absolute atomic E-state index is 0.101. The van der Waals surface area contributed by atoms with Gasteiger partial charge in [-0.05, 0) is 52.5 Å². The molecular formula is C16H13BrFNO. The molecule has 0 unspecified atom stereocenters. The van der Waals surface area contributed by atoms with Crippen molar-refractivity contribution in [3.63, 3.8) is 0 Å². The standard InChI is InChI=1S/C16H13BrFNO/c17-12-7-3-8-13(18)15(12)16(20)19-10-4-6-11-5-1-2-9-14(11)19/h1-3,5,7-9H,4,6,10H2. The minimum atomic E-state index is -0.493. The van der Waals surface area contributed by atoms with E-state index in [-0.39, 0.29) is 11.5 Å². The van der Waals surface area contributed by atoms with Crippen molar-refractivity contribution in [3.05, 3.63) is 63.9 Å². The van der Waals surface area contributed by atoms with E-state index in [1.807, 2.05) is 24.3 Å². The number of amides is 1. The van der Waals surface area contributed by atoms with Gasteiger partial charge in [0.1, 0.15) is 5.82 Å². The summed E-state index contributed by atoms with van der Waals surface area (Å²) in [6, 6.07) is 12.4. The van der Waals surface area contributed by atoms with Gasteiger partial charge in [-0.15, -0.1) is 0 Å². The Hall–Kier alpha value is -1.68. The normalized spacial score (nSPS) is 14.0. The van der Waals surface area contributed by atoms with Gasteiger partial charge in [0, 0.05) is 16.7 Å². The van der Waals surface area contributed by atoms with Gasteiger partial charge >= 0.3 is 0 Å². The SMILES string of the molecule is O=C(c1c(F)cccc1Br)N1CCCc2ccccc21. The van der Waals surface area contributed by atoms with Crippen molar-refractivity contribution in [3.8, 4) is 0 Å². The molecule has 0 fully saturated rings. The molecule has 2 aromatic carbocycles. The van der Waals surface area contributed by atoms with E-state index in [2.05, 4.69) is 15.9 Å². The monoisotopic (exact) mass is 333 g/mol. The van der Waals surface area contributed by atoms with Gasteiger partial charge in [-0.25, -0.2) is 4.39 Å². The molecule has 0 bridgehead atoms. The maximum absolute atomic E-state index is 14.0. The van der Waals surface area contributed by atoms with Gasteiger partial charge in [-0.2, -0.15) is 0 Å². The molecule has 0 atom stereocenters. The molecule has 3 rings (SSSR count). The lowest BCUT2D eigenvalue weighted by atomic mass is 10.0. The summed E-state index contributed by atoms with van der Waals surface area (Å²) >= 11 is 3.27. The molecule has 20 heavy (non-hydrogen) atoms. The fourth-order valence-electron chi connectivity index (χ4n) is 2.58. The maximum atomic E-state index is 14.0. The van der Waals surface area contributed by atoms with Crippen molar-refractivity contribution >= 4 is 27.5 Å². The van der Waals surface area contributed by atoms with Crippen molar-refractivity contribution in [2.45, 2.75) is 12.8 Å². The minimum Gasteiger partial charge on any atom is -0.308 e. The van der Waals surface area contributed by atoms with E-state index in [9.17, 15) is 9.18 Å². The molecule has 0 radical (unpaired) electrons. The lowest BCUT2D eigenvalue weighted by Gasteiger charge is -2.29. The molecule has 102 valence electrons. The third-order valence-corrected chi connectivity index (χ3v) is 4.19. The van der Waals surface area contributed by atoms with Crippen LogP contribution < -0.4 is 4.90 Å². The van der Waals surface area contributed by atoms with Gasteiger partial charge in [0.15, 0.2) is 0 Å². The first-order chi connectivity index (χ1) is 9.68. The summed E-state index contributed by atoms with van der Waals surface area (Å²) < 4.78 is 14.4. The Labute approximate surface area is 125 Å². The van der Waals surface area contributed by atoms with E-state index in [4.69, 9.17) is 0 Å². The molecule has 4 heteroatoms. The van der Waals surface area contributed by atoms with Crippen LogP contribution in [-0.4, -0.2) is 12.5 Å². The molecule has 1 amide bonds. The van der Waals surface area contributed by atoms with Crippen LogP contribution in [0.3, 0.4) is 0 Å². The quantitative estimate of drug-likeness (QED) is 0.766. The van der Waals surface area contributed by atoms with E-state index in [0.29, 0.717) is 11.0 Å². The van der Waals surface area contributed by atoms with Crippen LogP contribution >= 0.6 is 15.9 Å². The van der Waals surface area contributed by atoms with Crippen LogP contribution in [0, 0.1) is 5.82 Å². The molecule has 1 aliphatic rings. The summed E-state index contributed by atoms with van der Waals surface area (Å²) in [4.78, 5) is 14.3. The molecule has 0 aliphatic carbocycles. The largest absolute Gasteiger partial charge is 0.308 e. The zero-order valence-corrected chi connectivity index (χ0v) is 12.4. The average molecular weight is 334 g/mol. The maximum Gasteiger partial charge on any atom is 0.262 e. The first-order valence-corrected chi connectivity index (χ1v) is 7.31. The number of anilines is 1.